The minimum atomic E-state index is -0.0888. The van der Waals surface area contributed by atoms with E-state index in [0.29, 0.717) is 0 Å². The van der Waals surface area contributed by atoms with Crippen LogP contribution in [0, 0.1) is 0 Å². The topological polar surface area (TPSA) is 3.24 Å². The maximum atomic E-state index is 2.44. The molecule has 2 heteroatoms. The van der Waals surface area contributed by atoms with E-state index in [-0.39, 0.29) is 5.41 Å². The summed E-state index contributed by atoms with van der Waals surface area (Å²) in [5.74, 6) is 0. The zero-order valence-corrected chi connectivity index (χ0v) is 36.0. The summed E-state index contributed by atoms with van der Waals surface area (Å²) in [6.07, 6.45) is 0. The summed E-state index contributed by atoms with van der Waals surface area (Å²) >= 11 is 1.86. The van der Waals surface area contributed by atoms with Crippen molar-refractivity contribution in [3.8, 4) is 55.6 Å². The lowest BCUT2D eigenvalue weighted by Gasteiger charge is -2.27. The van der Waals surface area contributed by atoms with Crippen LogP contribution in [0.4, 0.5) is 17.1 Å². The highest BCUT2D eigenvalue weighted by Gasteiger charge is 2.37. The SMILES string of the molecule is CC1(C)c2ccccc2-c2cccc(-c3ccc(N(c4ccc(-c5ccc(-c6cccc(-c7ccc8ccccc8c7)c6)cc5)cc4)c4cccc5sc6ccccc6c45)cc3)c21. The standard InChI is InChI=1S/C61H43NS/c1-61(2)55-20-7-5-16-52(55)53-19-10-18-51(60(53)61)44-32-36-50(37-33-44)62(56-21-11-23-58-59(56)54-17-6-8-22-57(54)63-58)49-34-30-42(31-35-49)41-24-26-43(27-25-41)46-14-9-15-47(38-46)48-29-28-40-12-3-4-13-45(40)39-48/h3-39H,1-2H3. The summed E-state index contributed by atoms with van der Waals surface area (Å²) in [4.78, 5) is 2.44. The predicted octanol–water partition coefficient (Wildman–Crippen LogP) is 17.7. The minimum absolute atomic E-state index is 0.0888. The number of fused-ring (bicyclic) bond motifs is 7. The summed E-state index contributed by atoms with van der Waals surface area (Å²) in [6, 6.07) is 82.8. The molecule has 0 saturated carbocycles. The second-order valence-electron chi connectivity index (χ2n) is 17.3. The molecular formula is C61H43NS. The Kier molecular flexibility index (Phi) is 8.77. The van der Waals surface area contributed by atoms with Gasteiger partial charge in [-0.3, -0.25) is 0 Å². The minimum Gasteiger partial charge on any atom is -0.310 e. The molecule has 1 aromatic heterocycles. The molecule has 1 heterocycles. The Hall–Kier alpha value is -7.52. The Balaban J connectivity index is 0.897. The van der Waals surface area contributed by atoms with Crippen molar-refractivity contribution >= 4 is 59.3 Å². The summed E-state index contributed by atoms with van der Waals surface area (Å²) in [7, 11) is 0. The van der Waals surface area contributed by atoms with Gasteiger partial charge < -0.3 is 4.90 Å². The van der Waals surface area contributed by atoms with Gasteiger partial charge >= 0.3 is 0 Å². The van der Waals surface area contributed by atoms with Gasteiger partial charge in [0.15, 0.2) is 0 Å². The zero-order valence-electron chi connectivity index (χ0n) is 35.2. The lowest BCUT2D eigenvalue weighted by Crippen LogP contribution is -2.16. The van der Waals surface area contributed by atoms with E-state index in [9.17, 15) is 0 Å². The van der Waals surface area contributed by atoms with Crippen molar-refractivity contribution in [1.29, 1.82) is 0 Å². The molecule has 10 aromatic carbocycles. The van der Waals surface area contributed by atoms with Crippen LogP contribution in [0.5, 0.6) is 0 Å². The van der Waals surface area contributed by atoms with Crippen LogP contribution < -0.4 is 4.90 Å². The predicted molar refractivity (Wildman–Crippen MR) is 271 cm³/mol. The molecule has 0 radical (unpaired) electrons. The van der Waals surface area contributed by atoms with Gasteiger partial charge in [0, 0.05) is 37.0 Å². The third-order valence-corrected chi connectivity index (χ3v) is 14.4. The highest BCUT2D eigenvalue weighted by Crippen LogP contribution is 2.52. The Labute approximate surface area is 372 Å². The van der Waals surface area contributed by atoms with Gasteiger partial charge in [0.05, 0.1) is 5.69 Å². The summed E-state index contributed by atoms with van der Waals surface area (Å²) < 4.78 is 2.59. The van der Waals surface area contributed by atoms with E-state index in [4.69, 9.17) is 0 Å². The Morgan fingerprint density at radius 2 is 0.889 bits per heavy atom. The molecule has 1 aliphatic rings. The highest BCUT2D eigenvalue weighted by atomic mass is 32.1. The average molecular weight is 822 g/mol. The second kappa shape index (κ2) is 14.8. The van der Waals surface area contributed by atoms with Gasteiger partial charge in [-0.15, -0.1) is 11.3 Å². The lowest BCUT2D eigenvalue weighted by molar-refractivity contribution is 0.662. The molecule has 1 nitrogen and oxygen atoms in total. The molecule has 12 rings (SSSR count). The number of hydrogen-bond acceptors (Lipinski definition) is 2. The van der Waals surface area contributed by atoms with Gasteiger partial charge in [0.25, 0.3) is 0 Å². The van der Waals surface area contributed by atoms with Crippen LogP contribution in [0.2, 0.25) is 0 Å². The quantitative estimate of drug-likeness (QED) is 0.155. The molecule has 0 fully saturated rings. The molecule has 0 N–H and O–H groups in total. The molecule has 0 spiro atoms. The van der Waals surface area contributed by atoms with E-state index < -0.39 is 0 Å². The van der Waals surface area contributed by atoms with Crippen molar-refractivity contribution in [2.45, 2.75) is 19.3 Å². The second-order valence-corrected chi connectivity index (χ2v) is 18.4. The van der Waals surface area contributed by atoms with E-state index >= 15 is 0 Å². The molecule has 1 aliphatic carbocycles. The summed E-state index contributed by atoms with van der Waals surface area (Å²) in [6.45, 7) is 4.74. The average Bonchev–Trinajstić information content (AvgIpc) is 3.84. The zero-order chi connectivity index (χ0) is 42.1. The fourth-order valence-electron chi connectivity index (χ4n) is 10.2. The van der Waals surface area contributed by atoms with Crippen LogP contribution in [-0.2, 0) is 5.41 Å². The monoisotopic (exact) mass is 821 g/mol. The van der Waals surface area contributed by atoms with E-state index in [2.05, 4.69) is 243 Å². The van der Waals surface area contributed by atoms with Crippen molar-refractivity contribution in [3.05, 3.63) is 236 Å². The molecule has 0 saturated heterocycles. The Bertz CT molecular complexity index is 3520. The van der Waals surface area contributed by atoms with Crippen LogP contribution in [-0.4, -0.2) is 0 Å². The number of hydrogen-bond donors (Lipinski definition) is 0. The van der Waals surface area contributed by atoms with Crippen molar-refractivity contribution in [3.63, 3.8) is 0 Å². The molecule has 0 amide bonds. The van der Waals surface area contributed by atoms with Crippen LogP contribution in [0.3, 0.4) is 0 Å². The highest BCUT2D eigenvalue weighted by molar-refractivity contribution is 7.26. The first-order chi connectivity index (χ1) is 31.0. The third kappa shape index (κ3) is 6.29. The molecule has 0 unspecified atom stereocenters. The first-order valence-corrected chi connectivity index (χ1v) is 22.6. The molecule has 0 atom stereocenters. The van der Waals surface area contributed by atoms with Crippen molar-refractivity contribution in [2.75, 3.05) is 4.90 Å². The van der Waals surface area contributed by atoms with Crippen LogP contribution in [0.1, 0.15) is 25.0 Å². The smallest absolute Gasteiger partial charge is 0.0554 e. The van der Waals surface area contributed by atoms with E-state index in [1.165, 1.54) is 103 Å². The van der Waals surface area contributed by atoms with Gasteiger partial charge in [0.1, 0.15) is 0 Å². The fourth-order valence-corrected chi connectivity index (χ4v) is 11.3. The number of benzene rings is 10. The van der Waals surface area contributed by atoms with Gasteiger partial charge in [-0.2, -0.15) is 0 Å². The normalized spacial score (nSPS) is 12.7. The van der Waals surface area contributed by atoms with Crippen molar-refractivity contribution in [2.24, 2.45) is 0 Å². The number of anilines is 3. The third-order valence-electron chi connectivity index (χ3n) is 13.3. The maximum absolute atomic E-state index is 2.44. The summed E-state index contributed by atoms with van der Waals surface area (Å²) in [5.41, 5.74) is 18.6. The number of thiophene rings is 1. The van der Waals surface area contributed by atoms with Crippen molar-refractivity contribution in [1.82, 2.24) is 0 Å². The summed E-state index contributed by atoms with van der Waals surface area (Å²) in [5, 5.41) is 5.09. The fraction of sp³-hybridized carbons (Fsp3) is 0.0492. The first-order valence-electron chi connectivity index (χ1n) is 21.8. The molecule has 63 heavy (non-hydrogen) atoms. The van der Waals surface area contributed by atoms with Crippen LogP contribution in [0.15, 0.2) is 224 Å². The molecular weight excluding hydrogens is 779 g/mol. The molecule has 11 aromatic rings. The van der Waals surface area contributed by atoms with Gasteiger partial charge in [-0.25, -0.2) is 0 Å². The molecule has 0 aliphatic heterocycles. The molecule has 0 bridgehead atoms. The first kappa shape index (κ1) is 37.3. The van der Waals surface area contributed by atoms with Crippen molar-refractivity contribution < 1.29 is 0 Å². The maximum Gasteiger partial charge on any atom is 0.0554 e. The van der Waals surface area contributed by atoms with Gasteiger partial charge in [-0.05, 0) is 132 Å². The van der Waals surface area contributed by atoms with E-state index in [0.717, 1.165) is 11.4 Å². The van der Waals surface area contributed by atoms with Gasteiger partial charge in [0.2, 0.25) is 0 Å². The van der Waals surface area contributed by atoms with Crippen LogP contribution >= 0.6 is 11.3 Å². The lowest BCUT2D eigenvalue weighted by atomic mass is 9.79. The van der Waals surface area contributed by atoms with E-state index in [1.807, 2.05) is 11.3 Å². The number of rotatable bonds is 7. The van der Waals surface area contributed by atoms with E-state index in [1.54, 1.807) is 0 Å². The Morgan fingerprint density at radius 3 is 1.67 bits per heavy atom. The number of nitrogens with zero attached hydrogens (tertiary/aromatic N) is 1. The Morgan fingerprint density at radius 1 is 0.365 bits per heavy atom. The van der Waals surface area contributed by atoms with Gasteiger partial charge in [-0.1, -0.05) is 184 Å². The molecule has 298 valence electrons. The van der Waals surface area contributed by atoms with Crippen LogP contribution in [0.25, 0.3) is 86.6 Å². The largest absolute Gasteiger partial charge is 0.310 e.